The van der Waals surface area contributed by atoms with Crippen molar-refractivity contribution in [3.8, 4) is 11.8 Å². The molecule has 0 bridgehead atoms. The van der Waals surface area contributed by atoms with Crippen molar-refractivity contribution in [2.75, 3.05) is 20.6 Å². The molecule has 0 aromatic heterocycles. The average Bonchev–Trinajstić information content (AvgIpc) is 2.40. The largest absolute Gasteiger partial charge is 0.315 e. The van der Waals surface area contributed by atoms with E-state index in [4.69, 9.17) is 0 Å². The summed E-state index contributed by atoms with van der Waals surface area (Å²) in [4.78, 5) is 0. The Kier molecular flexibility index (Phi) is 4.39. The zero-order valence-electron chi connectivity index (χ0n) is 11.6. The molecular formula is C18H20N+. The van der Waals surface area contributed by atoms with Gasteiger partial charge in [0, 0.05) is 11.1 Å². The Balaban J connectivity index is 1.97. The summed E-state index contributed by atoms with van der Waals surface area (Å²) in [5, 5.41) is 0. The fraction of sp³-hybridized carbons (Fsp3) is 0.222. The summed E-state index contributed by atoms with van der Waals surface area (Å²) in [6.45, 7) is 1.86. The third kappa shape index (κ3) is 4.62. The number of hydrogen-bond donors (Lipinski definition) is 0. The Morgan fingerprint density at radius 3 is 2.05 bits per heavy atom. The van der Waals surface area contributed by atoms with Gasteiger partial charge in [0.15, 0.2) is 0 Å². The second-order valence-electron chi connectivity index (χ2n) is 5.41. The van der Waals surface area contributed by atoms with Crippen LogP contribution in [0.2, 0.25) is 0 Å². The summed E-state index contributed by atoms with van der Waals surface area (Å²) in [5.74, 6) is 6.51. The third-order valence-corrected chi connectivity index (χ3v) is 2.97. The van der Waals surface area contributed by atoms with E-state index < -0.39 is 0 Å². The van der Waals surface area contributed by atoms with Crippen LogP contribution in [0.1, 0.15) is 11.1 Å². The zero-order valence-corrected chi connectivity index (χ0v) is 11.6. The average molecular weight is 250 g/mol. The number of quaternary nitrogens is 1. The minimum atomic E-state index is 0.851. The minimum Gasteiger partial charge on any atom is -0.315 e. The molecule has 0 unspecified atom stereocenters. The van der Waals surface area contributed by atoms with Crippen molar-refractivity contribution in [2.24, 2.45) is 0 Å². The predicted molar refractivity (Wildman–Crippen MR) is 80.4 cm³/mol. The molecule has 1 nitrogen and oxygen atoms in total. The standard InChI is InChI=1S/C18H20N/c1-19(2,16-18-12-7-4-8-13-18)15-9-14-17-10-5-3-6-11-17/h3-8,10-13H,15-16H2,1-2H3/q+1. The van der Waals surface area contributed by atoms with Gasteiger partial charge in [0.25, 0.3) is 0 Å². The van der Waals surface area contributed by atoms with E-state index in [2.05, 4.69) is 56.3 Å². The van der Waals surface area contributed by atoms with Crippen molar-refractivity contribution in [1.29, 1.82) is 0 Å². The molecule has 0 N–H and O–H groups in total. The van der Waals surface area contributed by atoms with Crippen LogP contribution in [-0.2, 0) is 6.54 Å². The van der Waals surface area contributed by atoms with Crippen molar-refractivity contribution in [1.82, 2.24) is 0 Å². The number of hydrogen-bond acceptors (Lipinski definition) is 0. The van der Waals surface area contributed by atoms with Gasteiger partial charge < -0.3 is 4.48 Å². The lowest BCUT2D eigenvalue weighted by molar-refractivity contribution is -0.896. The maximum atomic E-state index is 3.28. The molecular weight excluding hydrogens is 230 g/mol. The van der Waals surface area contributed by atoms with E-state index in [1.807, 2.05) is 30.3 Å². The summed E-state index contributed by atoms with van der Waals surface area (Å²) in [6, 6.07) is 20.7. The first kappa shape index (κ1) is 13.4. The van der Waals surface area contributed by atoms with E-state index in [0.29, 0.717) is 0 Å². The Hall–Kier alpha value is -2.04. The van der Waals surface area contributed by atoms with E-state index in [1.54, 1.807) is 0 Å². The van der Waals surface area contributed by atoms with Gasteiger partial charge in [0.05, 0.1) is 14.1 Å². The van der Waals surface area contributed by atoms with Gasteiger partial charge in [-0.05, 0) is 18.1 Å². The second kappa shape index (κ2) is 6.22. The maximum Gasteiger partial charge on any atom is 0.141 e. The summed E-state index contributed by atoms with van der Waals surface area (Å²) < 4.78 is 0.879. The highest BCUT2D eigenvalue weighted by Crippen LogP contribution is 2.08. The first-order valence-electron chi connectivity index (χ1n) is 6.56. The number of rotatable bonds is 3. The van der Waals surface area contributed by atoms with Crippen LogP contribution in [0.25, 0.3) is 0 Å². The van der Waals surface area contributed by atoms with Crippen molar-refractivity contribution >= 4 is 0 Å². The van der Waals surface area contributed by atoms with E-state index >= 15 is 0 Å². The molecule has 2 aromatic carbocycles. The van der Waals surface area contributed by atoms with Gasteiger partial charge in [-0.25, -0.2) is 0 Å². The van der Waals surface area contributed by atoms with E-state index in [0.717, 1.165) is 23.1 Å². The van der Waals surface area contributed by atoms with Crippen LogP contribution in [0, 0.1) is 11.8 Å². The molecule has 0 spiro atoms. The Morgan fingerprint density at radius 2 is 1.42 bits per heavy atom. The van der Waals surface area contributed by atoms with Gasteiger partial charge in [0.2, 0.25) is 0 Å². The predicted octanol–water partition coefficient (Wildman–Crippen LogP) is 3.31. The molecule has 19 heavy (non-hydrogen) atoms. The summed E-state index contributed by atoms with van der Waals surface area (Å²) in [5.41, 5.74) is 2.44. The highest BCUT2D eigenvalue weighted by Gasteiger charge is 2.13. The molecule has 0 saturated heterocycles. The highest BCUT2D eigenvalue weighted by atomic mass is 15.3. The van der Waals surface area contributed by atoms with E-state index in [1.165, 1.54) is 5.56 Å². The van der Waals surface area contributed by atoms with Crippen LogP contribution in [-0.4, -0.2) is 25.1 Å². The highest BCUT2D eigenvalue weighted by molar-refractivity contribution is 5.33. The topological polar surface area (TPSA) is 0 Å². The summed E-state index contributed by atoms with van der Waals surface area (Å²) in [6.07, 6.45) is 0. The molecule has 0 amide bonds. The van der Waals surface area contributed by atoms with Crippen LogP contribution >= 0.6 is 0 Å². The monoisotopic (exact) mass is 250 g/mol. The lowest BCUT2D eigenvalue weighted by Gasteiger charge is -2.27. The van der Waals surface area contributed by atoms with Crippen LogP contribution in [0.4, 0.5) is 0 Å². The van der Waals surface area contributed by atoms with Crippen LogP contribution in [0.5, 0.6) is 0 Å². The van der Waals surface area contributed by atoms with Gasteiger partial charge in [-0.3, -0.25) is 0 Å². The number of nitrogens with zero attached hydrogens (tertiary/aromatic N) is 1. The third-order valence-electron chi connectivity index (χ3n) is 2.97. The lowest BCUT2D eigenvalue weighted by Crippen LogP contribution is -2.38. The fourth-order valence-corrected chi connectivity index (χ4v) is 2.01. The Labute approximate surface area is 116 Å². The molecule has 0 radical (unpaired) electrons. The van der Waals surface area contributed by atoms with Crippen molar-refractivity contribution < 1.29 is 4.48 Å². The van der Waals surface area contributed by atoms with Crippen molar-refractivity contribution in [3.05, 3.63) is 71.8 Å². The first-order valence-corrected chi connectivity index (χ1v) is 6.56. The van der Waals surface area contributed by atoms with E-state index in [-0.39, 0.29) is 0 Å². The summed E-state index contributed by atoms with van der Waals surface area (Å²) >= 11 is 0. The van der Waals surface area contributed by atoms with Gasteiger partial charge in [-0.1, -0.05) is 54.5 Å². The minimum absolute atomic E-state index is 0.851. The van der Waals surface area contributed by atoms with Gasteiger partial charge in [0.1, 0.15) is 13.1 Å². The molecule has 1 heteroatoms. The van der Waals surface area contributed by atoms with Gasteiger partial charge in [-0.2, -0.15) is 0 Å². The summed E-state index contributed by atoms with van der Waals surface area (Å²) in [7, 11) is 4.43. The second-order valence-corrected chi connectivity index (χ2v) is 5.41. The molecule has 0 aliphatic heterocycles. The van der Waals surface area contributed by atoms with Crippen LogP contribution in [0.15, 0.2) is 60.7 Å². The molecule has 96 valence electrons. The van der Waals surface area contributed by atoms with Gasteiger partial charge >= 0.3 is 0 Å². The quantitative estimate of drug-likeness (QED) is 0.579. The van der Waals surface area contributed by atoms with Gasteiger partial charge in [-0.15, -0.1) is 0 Å². The van der Waals surface area contributed by atoms with Crippen molar-refractivity contribution in [2.45, 2.75) is 6.54 Å². The lowest BCUT2D eigenvalue weighted by atomic mass is 10.2. The first-order chi connectivity index (χ1) is 9.16. The molecule has 2 aromatic rings. The molecule has 0 fully saturated rings. The van der Waals surface area contributed by atoms with E-state index in [9.17, 15) is 0 Å². The molecule has 0 saturated carbocycles. The molecule has 0 atom stereocenters. The molecule has 2 rings (SSSR count). The SMILES string of the molecule is C[N+](C)(CC#Cc1ccccc1)Cc1ccccc1. The van der Waals surface area contributed by atoms with Crippen LogP contribution in [0.3, 0.4) is 0 Å². The zero-order chi connectivity index (χ0) is 13.6. The maximum absolute atomic E-state index is 3.28. The Bertz CT molecular complexity index is 559. The van der Waals surface area contributed by atoms with Crippen molar-refractivity contribution in [3.63, 3.8) is 0 Å². The fourth-order valence-electron chi connectivity index (χ4n) is 2.01. The normalized spacial score (nSPS) is 10.6. The smallest absolute Gasteiger partial charge is 0.141 e. The molecule has 0 aliphatic rings. The molecule has 0 aliphatic carbocycles. The van der Waals surface area contributed by atoms with Crippen LogP contribution < -0.4 is 0 Å². The Morgan fingerprint density at radius 1 is 0.842 bits per heavy atom. The number of benzene rings is 2. The molecule has 0 heterocycles.